The van der Waals surface area contributed by atoms with E-state index in [4.69, 9.17) is 16.3 Å². The van der Waals surface area contributed by atoms with Crippen LogP contribution in [0, 0.1) is 5.92 Å². The Morgan fingerprint density at radius 2 is 1.97 bits per heavy atom. The maximum atomic E-state index is 12.8. The molecule has 2 aliphatic rings. The highest BCUT2D eigenvalue weighted by molar-refractivity contribution is 6.32. The predicted molar refractivity (Wildman–Crippen MR) is 143 cm³/mol. The molecular weight excluding hydrogens is 473 g/mol. The number of rotatable bonds is 6. The summed E-state index contributed by atoms with van der Waals surface area (Å²) in [5.74, 6) is 1.08. The van der Waals surface area contributed by atoms with Crippen molar-refractivity contribution >= 4 is 28.3 Å². The van der Waals surface area contributed by atoms with Gasteiger partial charge in [-0.1, -0.05) is 17.7 Å². The van der Waals surface area contributed by atoms with Gasteiger partial charge in [0.25, 0.3) is 0 Å². The van der Waals surface area contributed by atoms with Crippen LogP contribution in [0.25, 0.3) is 16.7 Å². The average Bonchev–Trinajstić information content (AvgIpc) is 3.18. The summed E-state index contributed by atoms with van der Waals surface area (Å²) in [7, 11) is 1.72. The van der Waals surface area contributed by atoms with Gasteiger partial charge in [0.05, 0.1) is 18.8 Å². The Hall–Kier alpha value is -3.15. The molecule has 0 atom stereocenters. The van der Waals surface area contributed by atoms with Gasteiger partial charge in [-0.15, -0.1) is 0 Å². The van der Waals surface area contributed by atoms with Gasteiger partial charge in [-0.2, -0.15) is 0 Å². The highest BCUT2D eigenvalue weighted by Crippen LogP contribution is 2.42. The van der Waals surface area contributed by atoms with Crippen molar-refractivity contribution in [3.05, 3.63) is 100 Å². The van der Waals surface area contributed by atoms with Gasteiger partial charge < -0.3 is 9.14 Å². The zero-order valence-electron chi connectivity index (χ0n) is 20.4. The van der Waals surface area contributed by atoms with Gasteiger partial charge in [-0.25, -0.2) is 0 Å². The second-order valence-corrected chi connectivity index (χ2v) is 10.3. The van der Waals surface area contributed by atoms with Crippen LogP contribution >= 0.6 is 11.6 Å². The Bertz CT molecular complexity index is 1450. The zero-order chi connectivity index (χ0) is 24.6. The summed E-state index contributed by atoms with van der Waals surface area (Å²) in [5, 5.41) is 0.675. The maximum absolute atomic E-state index is 12.8. The molecule has 3 aromatic heterocycles. The standard InChI is InChI=1S/C30H29ClFN3O/c1-36-25-5-6-26-22(13-25)3-2-4-28(27-7-9-33-15-29(27)31)30(26)23-8-10-35-19-20(11-24(35)12-23)16-34-17-21(14-32)18-34/h5-13,15,19,21H,2-4,14,16-18H2,1H3. The molecule has 4 nitrogen and oxygen atoms in total. The lowest BCUT2D eigenvalue weighted by molar-refractivity contribution is 0.0738. The van der Waals surface area contributed by atoms with Gasteiger partial charge in [-0.3, -0.25) is 14.3 Å². The number of ether oxygens (including phenoxy) is 1. The van der Waals surface area contributed by atoms with Crippen LogP contribution in [0.5, 0.6) is 5.75 Å². The van der Waals surface area contributed by atoms with E-state index in [2.05, 4.69) is 57.0 Å². The number of likely N-dealkylation sites (tertiary alicyclic amines) is 1. The van der Waals surface area contributed by atoms with E-state index in [9.17, 15) is 4.39 Å². The van der Waals surface area contributed by atoms with Gasteiger partial charge in [0.1, 0.15) is 5.75 Å². The minimum atomic E-state index is -0.218. The van der Waals surface area contributed by atoms with Crippen molar-refractivity contribution < 1.29 is 9.13 Å². The summed E-state index contributed by atoms with van der Waals surface area (Å²) in [6.45, 7) is 2.33. The van der Waals surface area contributed by atoms with Gasteiger partial charge in [0, 0.05) is 55.9 Å². The quantitative estimate of drug-likeness (QED) is 0.294. The van der Waals surface area contributed by atoms with Crippen molar-refractivity contribution in [2.45, 2.75) is 25.8 Å². The second kappa shape index (κ2) is 9.72. The molecule has 0 N–H and O–H groups in total. The number of aryl methyl sites for hydroxylation is 1. The number of methoxy groups -OCH3 is 1. The number of allylic oxidation sites excluding steroid dienone is 1. The number of benzene rings is 1. The second-order valence-electron chi connectivity index (χ2n) is 9.90. The summed E-state index contributed by atoms with van der Waals surface area (Å²) in [5.41, 5.74) is 9.60. The van der Waals surface area contributed by atoms with Gasteiger partial charge in [0.15, 0.2) is 0 Å². The summed E-state index contributed by atoms with van der Waals surface area (Å²) in [4.78, 5) is 6.52. The molecule has 1 aliphatic carbocycles. The number of hydrogen-bond acceptors (Lipinski definition) is 3. The Balaban J connectivity index is 1.46. The maximum Gasteiger partial charge on any atom is 0.119 e. The minimum Gasteiger partial charge on any atom is -0.497 e. The molecule has 0 saturated carbocycles. The third-order valence-electron chi connectivity index (χ3n) is 7.45. The first-order valence-corrected chi connectivity index (χ1v) is 12.9. The first-order chi connectivity index (χ1) is 17.6. The molecule has 0 spiro atoms. The molecule has 0 radical (unpaired) electrons. The molecule has 184 valence electrons. The Labute approximate surface area is 216 Å². The minimum absolute atomic E-state index is 0.202. The summed E-state index contributed by atoms with van der Waals surface area (Å²) >= 11 is 6.68. The molecule has 1 aliphatic heterocycles. The van der Waals surface area contributed by atoms with Crippen molar-refractivity contribution in [1.29, 1.82) is 0 Å². The van der Waals surface area contributed by atoms with Crippen molar-refractivity contribution in [1.82, 2.24) is 14.3 Å². The molecule has 4 aromatic rings. The molecule has 4 heterocycles. The largest absolute Gasteiger partial charge is 0.497 e. The number of pyridine rings is 2. The van der Waals surface area contributed by atoms with Crippen LogP contribution in [-0.4, -0.2) is 41.2 Å². The third-order valence-corrected chi connectivity index (χ3v) is 7.76. The molecule has 0 amide bonds. The van der Waals surface area contributed by atoms with E-state index in [0.29, 0.717) is 5.02 Å². The fraction of sp³-hybridized carbons (Fsp3) is 0.300. The van der Waals surface area contributed by atoms with Gasteiger partial charge in [-0.05, 0) is 94.6 Å². The highest BCUT2D eigenvalue weighted by atomic mass is 35.5. The Morgan fingerprint density at radius 1 is 1.08 bits per heavy atom. The lowest BCUT2D eigenvalue weighted by Crippen LogP contribution is -2.46. The van der Waals surface area contributed by atoms with E-state index < -0.39 is 0 Å². The van der Waals surface area contributed by atoms with E-state index in [1.54, 1.807) is 13.3 Å². The number of alkyl halides is 1. The van der Waals surface area contributed by atoms with Gasteiger partial charge in [0.2, 0.25) is 0 Å². The molecule has 6 rings (SSSR count). The van der Waals surface area contributed by atoms with Crippen molar-refractivity contribution in [3.63, 3.8) is 0 Å². The molecule has 1 saturated heterocycles. The lowest BCUT2D eigenvalue weighted by Gasteiger charge is -2.37. The third kappa shape index (κ3) is 4.31. The first kappa shape index (κ1) is 23.3. The van der Waals surface area contributed by atoms with Gasteiger partial charge >= 0.3 is 0 Å². The summed E-state index contributed by atoms with van der Waals surface area (Å²) in [6.07, 6.45) is 10.8. The molecular formula is C30H29ClFN3O. The van der Waals surface area contributed by atoms with Crippen LogP contribution in [0.15, 0.2) is 67.3 Å². The number of nitrogens with zero attached hydrogens (tertiary/aromatic N) is 3. The number of fused-ring (bicyclic) bond motifs is 2. The molecule has 1 fully saturated rings. The Morgan fingerprint density at radius 3 is 2.78 bits per heavy atom. The molecule has 0 unspecified atom stereocenters. The molecule has 6 heteroatoms. The van der Waals surface area contributed by atoms with Crippen LogP contribution in [0.2, 0.25) is 5.02 Å². The Kier molecular flexibility index (Phi) is 6.28. The van der Waals surface area contributed by atoms with Crippen molar-refractivity contribution in [2.24, 2.45) is 5.92 Å². The zero-order valence-corrected chi connectivity index (χ0v) is 21.1. The van der Waals surface area contributed by atoms with E-state index in [0.717, 1.165) is 55.7 Å². The number of halogens is 2. The number of hydrogen-bond donors (Lipinski definition) is 0. The van der Waals surface area contributed by atoms with E-state index in [1.807, 2.05) is 18.3 Å². The van der Waals surface area contributed by atoms with E-state index in [-0.39, 0.29) is 12.6 Å². The average molecular weight is 502 g/mol. The number of aromatic nitrogens is 2. The predicted octanol–water partition coefficient (Wildman–Crippen LogP) is 6.69. The van der Waals surface area contributed by atoms with Crippen LogP contribution in [0.4, 0.5) is 4.39 Å². The summed E-state index contributed by atoms with van der Waals surface area (Å²) < 4.78 is 20.6. The van der Waals surface area contributed by atoms with Crippen molar-refractivity contribution in [3.8, 4) is 5.75 Å². The van der Waals surface area contributed by atoms with E-state index in [1.165, 1.54) is 33.4 Å². The normalized spacial score (nSPS) is 16.6. The monoisotopic (exact) mass is 501 g/mol. The molecule has 1 aromatic carbocycles. The van der Waals surface area contributed by atoms with Crippen LogP contribution in [0.1, 0.15) is 40.7 Å². The summed E-state index contributed by atoms with van der Waals surface area (Å²) in [6, 6.07) is 15.1. The topological polar surface area (TPSA) is 29.8 Å². The van der Waals surface area contributed by atoms with Crippen LogP contribution < -0.4 is 4.74 Å². The fourth-order valence-electron chi connectivity index (χ4n) is 5.68. The van der Waals surface area contributed by atoms with Crippen LogP contribution in [-0.2, 0) is 13.0 Å². The first-order valence-electron chi connectivity index (χ1n) is 12.5. The smallest absolute Gasteiger partial charge is 0.119 e. The SMILES string of the molecule is COc1ccc2c(c1)CCCC(c1ccncc1Cl)=C2c1ccn2cc(CN3CC(CF)C3)cc2c1. The van der Waals surface area contributed by atoms with Crippen LogP contribution in [0.3, 0.4) is 0 Å². The van der Waals surface area contributed by atoms with E-state index >= 15 is 0 Å². The fourth-order valence-corrected chi connectivity index (χ4v) is 5.92. The molecule has 0 bridgehead atoms. The molecule has 36 heavy (non-hydrogen) atoms. The highest BCUT2D eigenvalue weighted by Gasteiger charge is 2.27. The van der Waals surface area contributed by atoms with Crippen molar-refractivity contribution in [2.75, 3.05) is 26.9 Å². The lowest BCUT2D eigenvalue weighted by atomic mass is 9.88.